The lowest BCUT2D eigenvalue weighted by Crippen LogP contribution is -2.35. The van der Waals surface area contributed by atoms with Gasteiger partial charge in [-0.15, -0.1) is 0 Å². The van der Waals surface area contributed by atoms with Crippen molar-refractivity contribution in [3.63, 3.8) is 0 Å². The van der Waals surface area contributed by atoms with E-state index in [1.54, 1.807) is 0 Å². The Morgan fingerprint density at radius 1 is 0.970 bits per heavy atom. The molecule has 1 aliphatic heterocycles. The van der Waals surface area contributed by atoms with E-state index in [4.69, 9.17) is 4.74 Å². The predicted octanol–water partition coefficient (Wildman–Crippen LogP) is 5.59. The lowest BCUT2D eigenvalue weighted by Gasteiger charge is -2.30. The summed E-state index contributed by atoms with van der Waals surface area (Å²) in [7, 11) is 0. The van der Waals surface area contributed by atoms with Gasteiger partial charge in [-0.3, -0.25) is 9.59 Å². The van der Waals surface area contributed by atoms with Crippen molar-refractivity contribution in [2.45, 2.75) is 39.0 Å². The third-order valence-electron chi connectivity index (χ3n) is 5.84. The van der Waals surface area contributed by atoms with Gasteiger partial charge in [-0.05, 0) is 71.8 Å². The Hall–Kier alpha value is -3.60. The molecule has 0 atom stereocenters. The number of hydrogen-bond acceptors (Lipinski definition) is 3. The van der Waals surface area contributed by atoms with Gasteiger partial charge in [-0.1, -0.05) is 51.1 Å². The van der Waals surface area contributed by atoms with Gasteiger partial charge in [-0.2, -0.15) is 0 Å². The van der Waals surface area contributed by atoms with Crippen LogP contribution in [0.15, 0.2) is 72.8 Å². The molecule has 170 valence electrons. The first-order chi connectivity index (χ1) is 15.8. The van der Waals surface area contributed by atoms with Gasteiger partial charge in [-0.25, -0.2) is 0 Å². The number of carbonyl (C=O) groups is 2. The maximum Gasteiger partial charge on any atom is 0.262 e. The number of nitrogens with zero attached hydrogens (tertiary/aromatic N) is 1. The van der Waals surface area contributed by atoms with E-state index in [0.717, 1.165) is 24.1 Å². The van der Waals surface area contributed by atoms with Crippen molar-refractivity contribution in [2.75, 3.05) is 23.4 Å². The fraction of sp³-hybridized carbons (Fsp3) is 0.286. The van der Waals surface area contributed by atoms with Gasteiger partial charge in [0.15, 0.2) is 6.61 Å². The number of aryl methyl sites for hydroxylation is 1. The molecular weight excluding hydrogens is 412 g/mol. The summed E-state index contributed by atoms with van der Waals surface area (Å²) in [6, 6.07) is 22.9. The van der Waals surface area contributed by atoms with E-state index >= 15 is 0 Å². The highest BCUT2D eigenvalue weighted by molar-refractivity contribution is 6.07. The number of fused-ring (bicyclic) bond motifs is 1. The first kappa shape index (κ1) is 22.6. The molecule has 0 bridgehead atoms. The van der Waals surface area contributed by atoms with Gasteiger partial charge in [0.05, 0.1) is 0 Å². The third kappa shape index (κ3) is 5.43. The van der Waals surface area contributed by atoms with E-state index in [0.29, 0.717) is 23.5 Å². The first-order valence-electron chi connectivity index (χ1n) is 11.3. The fourth-order valence-electron chi connectivity index (χ4n) is 4.02. The van der Waals surface area contributed by atoms with Crippen LogP contribution in [0, 0.1) is 0 Å². The quantitative estimate of drug-likeness (QED) is 0.560. The second kappa shape index (κ2) is 9.49. The molecule has 0 saturated carbocycles. The average molecular weight is 443 g/mol. The van der Waals surface area contributed by atoms with Crippen LogP contribution >= 0.6 is 0 Å². The van der Waals surface area contributed by atoms with Crippen LogP contribution in [-0.4, -0.2) is 25.0 Å². The van der Waals surface area contributed by atoms with Crippen LogP contribution in [0.5, 0.6) is 5.75 Å². The number of ether oxygens (including phenoxy) is 1. The molecule has 0 aromatic heterocycles. The van der Waals surface area contributed by atoms with Crippen molar-refractivity contribution < 1.29 is 14.3 Å². The normalized spacial score (nSPS) is 13.2. The molecule has 5 nitrogen and oxygen atoms in total. The number of benzene rings is 3. The van der Waals surface area contributed by atoms with Gasteiger partial charge in [0.2, 0.25) is 0 Å². The van der Waals surface area contributed by atoms with Gasteiger partial charge < -0.3 is 15.0 Å². The molecule has 5 heteroatoms. The number of nitrogens with one attached hydrogen (secondary N) is 1. The molecule has 0 unspecified atom stereocenters. The smallest absolute Gasteiger partial charge is 0.262 e. The van der Waals surface area contributed by atoms with Crippen LogP contribution < -0.4 is 15.0 Å². The standard InChI is InChI=1S/C28H30N2O3/c1-28(2,3)22-11-14-24(15-12-22)33-19-26(31)29-23-13-16-25-21(18-23)10-7-17-30(25)27(32)20-8-5-4-6-9-20/h4-6,8-9,11-16,18H,7,10,17,19H2,1-3H3,(H,29,31). The molecular formula is C28H30N2O3. The summed E-state index contributed by atoms with van der Waals surface area (Å²) in [5.74, 6) is 0.445. The van der Waals surface area contributed by atoms with Gasteiger partial charge in [0.1, 0.15) is 5.75 Å². The second-order valence-electron chi connectivity index (χ2n) is 9.38. The number of hydrogen-bond donors (Lipinski definition) is 1. The third-order valence-corrected chi connectivity index (χ3v) is 5.84. The first-order valence-corrected chi connectivity index (χ1v) is 11.3. The molecule has 4 rings (SSSR count). The molecule has 1 aliphatic rings. The van der Waals surface area contributed by atoms with E-state index < -0.39 is 0 Å². The molecule has 0 fully saturated rings. The van der Waals surface area contributed by atoms with Crippen LogP contribution in [-0.2, 0) is 16.6 Å². The van der Waals surface area contributed by atoms with Crippen molar-refractivity contribution in [3.05, 3.63) is 89.5 Å². The monoisotopic (exact) mass is 442 g/mol. The Morgan fingerprint density at radius 2 is 1.70 bits per heavy atom. The van der Waals surface area contributed by atoms with Crippen molar-refractivity contribution in [3.8, 4) is 5.75 Å². The van der Waals surface area contributed by atoms with Crippen LogP contribution in [0.4, 0.5) is 11.4 Å². The minimum atomic E-state index is -0.220. The topological polar surface area (TPSA) is 58.6 Å². The number of amides is 2. The highest BCUT2D eigenvalue weighted by Crippen LogP contribution is 2.31. The van der Waals surface area contributed by atoms with E-state index in [2.05, 4.69) is 26.1 Å². The zero-order valence-electron chi connectivity index (χ0n) is 19.4. The Kier molecular flexibility index (Phi) is 6.50. The van der Waals surface area contributed by atoms with E-state index in [1.165, 1.54) is 5.56 Å². The van der Waals surface area contributed by atoms with E-state index in [-0.39, 0.29) is 23.8 Å². The molecule has 33 heavy (non-hydrogen) atoms. The Balaban J connectivity index is 1.38. The van der Waals surface area contributed by atoms with Crippen LogP contribution in [0.2, 0.25) is 0 Å². The van der Waals surface area contributed by atoms with Crippen molar-refractivity contribution in [2.24, 2.45) is 0 Å². The SMILES string of the molecule is CC(C)(C)c1ccc(OCC(=O)Nc2ccc3c(c2)CCCN3C(=O)c2ccccc2)cc1. The van der Waals surface area contributed by atoms with Gasteiger partial charge in [0.25, 0.3) is 11.8 Å². The lowest BCUT2D eigenvalue weighted by molar-refractivity contribution is -0.118. The maximum atomic E-state index is 13.0. The summed E-state index contributed by atoms with van der Waals surface area (Å²) in [5.41, 5.74) is 4.64. The largest absolute Gasteiger partial charge is 0.484 e. The van der Waals surface area contributed by atoms with Crippen LogP contribution in [0.3, 0.4) is 0 Å². The molecule has 1 heterocycles. The Labute approximate surface area is 195 Å². The average Bonchev–Trinajstić information content (AvgIpc) is 2.82. The maximum absolute atomic E-state index is 13.0. The molecule has 1 N–H and O–H groups in total. The van der Waals surface area contributed by atoms with E-state index in [9.17, 15) is 9.59 Å². The molecule has 3 aromatic carbocycles. The second-order valence-corrected chi connectivity index (χ2v) is 9.38. The zero-order valence-corrected chi connectivity index (χ0v) is 19.4. The number of anilines is 2. The van der Waals surface area contributed by atoms with Crippen LogP contribution in [0.25, 0.3) is 0 Å². The summed E-state index contributed by atoms with van der Waals surface area (Å²) in [4.78, 5) is 27.2. The molecule has 0 aliphatic carbocycles. The zero-order chi connectivity index (χ0) is 23.4. The summed E-state index contributed by atoms with van der Waals surface area (Å²) in [6.07, 6.45) is 1.75. The minimum Gasteiger partial charge on any atom is -0.484 e. The predicted molar refractivity (Wildman–Crippen MR) is 132 cm³/mol. The summed E-state index contributed by atoms with van der Waals surface area (Å²) < 4.78 is 5.65. The molecule has 2 amide bonds. The summed E-state index contributed by atoms with van der Waals surface area (Å²) >= 11 is 0. The highest BCUT2D eigenvalue weighted by Gasteiger charge is 2.24. The number of carbonyl (C=O) groups excluding carboxylic acids is 2. The lowest BCUT2D eigenvalue weighted by atomic mass is 9.87. The molecule has 0 radical (unpaired) electrons. The minimum absolute atomic E-state index is 0.000727. The van der Waals surface area contributed by atoms with Crippen molar-refractivity contribution >= 4 is 23.2 Å². The van der Waals surface area contributed by atoms with Crippen LogP contribution in [0.1, 0.15) is 48.7 Å². The Morgan fingerprint density at radius 3 is 2.39 bits per heavy atom. The molecule has 0 spiro atoms. The van der Waals surface area contributed by atoms with Crippen molar-refractivity contribution in [1.29, 1.82) is 0 Å². The molecule has 3 aromatic rings. The number of rotatable bonds is 5. The highest BCUT2D eigenvalue weighted by atomic mass is 16.5. The molecule has 0 saturated heterocycles. The Bertz CT molecular complexity index is 1130. The summed E-state index contributed by atoms with van der Waals surface area (Å²) in [5, 5.41) is 2.91. The van der Waals surface area contributed by atoms with E-state index in [1.807, 2.05) is 77.7 Å². The van der Waals surface area contributed by atoms with Crippen molar-refractivity contribution in [1.82, 2.24) is 0 Å². The fourth-order valence-corrected chi connectivity index (χ4v) is 4.02. The van der Waals surface area contributed by atoms with Gasteiger partial charge >= 0.3 is 0 Å². The van der Waals surface area contributed by atoms with Gasteiger partial charge in [0, 0.05) is 23.5 Å². The summed E-state index contributed by atoms with van der Waals surface area (Å²) in [6.45, 7) is 7.10.